The van der Waals surface area contributed by atoms with Crippen LogP contribution in [0.3, 0.4) is 0 Å². The lowest BCUT2D eigenvalue weighted by molar-refractivity contribution is -0.114. The van der Waals surface area contributed by atoms with Crippen molar-refractivity contribution in [3.63, 3.8) is 0 Å². The number of hydrogen-bond donors (Lipinski definition) is 1. The maximum atomic E-state index is 14.0. The molecule has 0 atom stereocenters. The maximum Gasteiger partial charge on any atom is 0.352 e. The number of hydrogen-bond acceptors (Lipinski definition) is 6. The Hall–Kier alpha value is -4.02. The van der Waals surface area contributed by atoms with Crippen LogP contribution in [-0.2, 0) is 11.3 Å². The molecule has 9 nitrogen and oxygen atoms in total. The van der Waals surface area contributed by atoms with Gasteiger partial charge in [0.05, 0.1) is 25.0 Å². The second-order valence-electron chi connectivity index (χ2n) is 7.11. The standard InChI is InChI=1S/C21H21F2N5O4/c1-12(29)24-17-10-15(7-8-16(17)23)28-21(31)27(20(30)19(25-28)32-4)11-13-5-6-14(22)9-18(13)26(2)3/h5-10H,11H2,1-4H3,(H,24,29). The molecule has 0 saturated carbocycles. The van der Waals surface area contributed by atoms with Crippen LogP contribution in [0.5, 0.6) is 5.88 Å². The van der Waals surface area contributed by atoms with E-state index in [1.54, 1.807) is 19.0 Å². The number of nitrogens with one attached hydrogen (secondary N) is 1. The zero-order chi connectivity index (χ0) is 23.6. The summed E-state index contributed by atoms with van der Waals surface area (Å²) >= 11 is 0. The average Bonchev–Trinajstić information content (AvgIpc) is 2.73. The molecular formula is C21H21F2N5O4. The third-order valence-electron chi connectivity index (χ3n) is 4.59. The van der Waals surface area contributed by atoms with E-state index in [9.17, 15) is 23.2 Å². The van der Waals surface area contributed by atoms with Gasteiger partial charge in [-0.25, -0.2) is 18.1 Å². The van der Waals surface area contributed by atoms with E-state index in [-0.39, 0.29) is 23.8 Å². The number of carbonyl (C=O) groups is 1. The number of carbonyl (C=O) groups excluding carboxylic acids is 1. The largest absolute Gasteiger partial charge is 0.476 e. The zero-order valence-corrected chi connectivity index (χ0v) is 17.8. The number of ether oxygens (including phenoxy) is 1. The van der Waals surface area contributed by atoms with Crippen LogP contribution in [0.2, 0.25) is 0 Å². The van der Waals surface area contributed by atoms with Crippen LogP contribution >= 0.6 is 0 Å². The third-order valence-corrected chi connectivity index (χ3v) is 4.59. The van der Waals surface area contributed by atoms with Crippen molar-refractivity contribution in [3.05, 3.63) is 74.4 Å². The molecule has 0 aliphatic heterocycles. The lowest BCUT2D eigenvalue weighted by Crippen LogP contribution is -2.41. The highest BCUT2D eigenvalue weighted by atomic mass is 19.1. The average molecular weight is 445 g/mol. The summed E-state index contributed by atoms with van der Waals surface area (Å²) < 4.78 is 34.5. The van der Waals surface area contributed by atoms with Crippen molar-refractivity contribution in [2.24, 2.45) is 0 Å². The summed E-state index contributed by atoms with van der Waals surface area (Å²) in [6, 6.07) is 7.53. The molecular weight excluding hydrogens is 424 g/mol. The van der Waals surface area contributed by atoms with Crippen molar-refractivity contribution in [2.45, 2.75) is 13.5 Å². The highest BCUT2D eigenvalue weighted by Gasteiger charge is 2.18. The number of aromatic nitrogens is 3. The Kier molecular flexibility index (Phi) is 6.37. The van der Waals surface area contributed by atoms with Gasteiger partial charge in [0, 0.05) is 26.7 Å². The maximum absolute atomic E-state index is 14.0. The summed E-state index contributed by atoms with van der Waals surface area (Å²) in [5.41, 5.74) is -0.688. The van der Waals surface area contributed by atoms with Crippen molar-refractivity contribution in [2.75, 3.05) is 31.4 Å². The summed E-state index contributed by atoms with van der Waals surface area (Å²) in [6.45, 7) is 1.02. The molecule has 1 heterocycles. The Labute approximate surface area is 181 Å². The first-order valence-corrected chi connectivity index (χ1v) is 9.43. The molecule has 168 valence electrons. The van der Waals surface area contributed by atoms with Gasteiger partial charge in [-0.05, 0) is 35.9 Å². The van der Waals surface area contributed by atoms with Crippen molar-refractivity contribution >= 4 is 17.3 Å². The molecule has 0 bridgehead atoms. The highest BCUT2D eigenvalue weighted by Crippen LogP contribution is 2.21. The van der Waals surface area contributed by atoms with E-state index in [0.29, 0.717) is 11.3 Å². The molecule has 1 aromatic heterocycles. The number of methoxy groups -OCH3 is 1. The highest BCUT2D eigenvalue weighted by molar-refractivity contribution is 5.89. The fourth-order valence-corrected chi connectivity index (χ4v) is 3.12. The van der Waals surface area contributed by atoms with Gasteiger partial charge in [0.2, 0.25) is 5.91 Å². The molecule has 3 aromatic rings. The molecule has 0 spiro atoms. The summed E-state index contributed by atoms with van der Waals surface area (Å²) in [5.74, 6) is -2.05. The Morgan fingerprint density at radius 3 is 2.50 bits per heavy atom. The van der Waals surface area contributed by atoms with Crippen molar-refractivity contribution in [3.8, 4) is 11.6 Å². The van der Waals surface area contributed by atoms with Gasteiger partial charge < -0.3 is 15.0 Å². The Bertz CT molecular complexity index is 1300. The van der Waals surface area contributed by atoms with Gasteiger partial charge >= 0.3 is 11.2 Å². The first kappa shape index (κ1) is 22.7. The molecule has 3 rings (SSSR count). The molecule has 0 unspecified atom stereocenters. The van der Waals surface area contributed by atoms with Crippen LogP contribution in [-0.4, -0.2) is 41.5 Å². The normalized spacial score (nSPS) is 10.7. The first-order chi connectivity index (χ1) is 15.1. The molecule has 1 amide bonds. The number of benzene rings is 2. The minimum absolute atomic E-state index is 0.0964. The predicted octanol–water partition coefficient (Wildman–Crippen LogP) is 1.75. The summed E-state index contributed by atoms with van der Waals surface area (Å²) in [7, 11) is 4.63. The number of halogens is 2. The zero-order valence-electron chi connectivity index (χ0n) is 17.8. The van der Waals surface area contributed by atoms with E-state index in [1.807, 2.05) is 0 Å². The van der Waals surface area contributed by atoms with E-state index in [1.165, 1.54) is 44.4 Å². The van der Waals surface area contributed by atoms with Crippen LogP contribution in [0.25, 0.3) is 5.69 Å². The fraction of sp³-hybridized carbons (Fsp3) is 0.238. The second kappa shape index (κ2) is 9.00. The quantitative estimate of drug-likeness (QED) is 0.621. The monoisotopic (exact) mass is 445 g/mol. The molecule has 1 N–H and O–H groups in total. The van der Waals surface area contributed by atoms with Crippen LogP contribution < -0.4 is 26.2 Å². The molecule has 0 radical (unpaired) electrons. The molecule has 32 heavy (non-hydrogen) atoms. The van der Waals surface area contributed by atoms with E-state index < -0.39 is 28.8 Å². The fourth-order valence-electron chi connectivity index (χ4n) is 3.12. The van der Waals surface area contributed by atoms with Gasteiger partial charge in [-0.1, -0.05) is 6.07 Å². The van der Waals surface area contributed by atoms with Crippen molar-refractivity contribution in [1.29, 1.82) is 0 Å². The summed E-state index contributed by atoms with van der Waals surface area (Å²) in [5, 5.41) is 6.25. The molecule has 11 heteroatoms. The number of amides is 1. The van der Waals surface area contributed by atoms with Crippen LogP contribution in [0.1, 0.15) is 12.5 Å². The van der Waals surface area contributed by atoms with Gasteiger partial charge in [0.1, 0.15) is 11.6 Å². The minimum Gasteiger partial charge on any atom is -0.476 e. The minimum atomic E-state index is -0.829. The number of anilines is 2. The van der Waals surface area contributed by atoms with E-state index in [0.717, 1.165) is 15.3 Å². The predicted molar refractivity (Wildman–Crippen MR) is 115 cm³/mol. The van der Waals surface area contributed by atoms with Gasteiger partial charge in [0.15, 0.2) is 0 Å². The Balaban J connectivity index is 2.19. The molecule has 0 saturated heterocycles. The number of rotatable bonds is 6. The van der Waals surface area contributed by atoms with Crippen LogP contribution in [0, 0.1) is 11.6 Å². The molecule has 2 aromatic carbocycles. The van der Waals surface area contributed by atoms with E-state index >= 15 is 0 Å². The second-order valence-corrected chi connectivity index (χ2v) is 7.11. The van der Waals surface area contributed by atoms with E-state index in [4.69, 9.17) is 4.74 Å². The summed E-state index contributed by atoms with van der Waals surface area (Å²) in [4.78, 5) is 38.9. The van der Waals surface area contributed by atoms with Crippen molar-refractivity contribution in [1.82, 2.24) is 14.3 Å². The summed E-state index contributed by atoms with van der Waals surface area (Å²) in [6.07, 6.45) is 0. The van der Waals surface area contributed by atoms with Gasteiger partial charge in [-0.3, -0.25) is 9.59 Å². The van der Waals surface area contributed by atoms with Crippen molar-refractivity contribution < 1.29 is 18.3 Å². The topological polar surface area (TPSA) is 98.5 Å². The van der Waals surface area contributed by atoms with Gasteiger partial charge in [-0.2, -0.15) is 4.68 Å². The van der Waals surface area contributed by atoms with Gasteiger partial charge in [0.25, 0.3) is 5.88 Å². The molecule has 0 aliphatic carbocycles. The Morgan fingerprint density at radius 1 is 1.16 bits per heavy atom. The molecule has 0 fully saturated rings. The lowest BCUT2D eigenvalue weighted by Gasteiger charge is -2.18. The molecule has 0 aliphatic rings. The van der Waals surface area contributed by atoms with E-state index in [2.05, 4.69) is 10.4 Å². The first-order valence-electron chi connectivity index (χ1n) is 9.43. The van der Waals surface area contributed by atoms with Crippen LogP contribution in [0.15, 0.2) is 46.0 Å². The Morgan fingerprint density at radius 2 is 1.88 bits per heavy atom. The van der Waals surface area contributed by atoms with Crippen LogP contribution in [0.4, 0.5) is 20.2 Å². The number of nitrogens with zero attached hydrogens (tertiary/aromatic N) is 4. The third kappa shape index (κ3) is 4.51. The lowest BCUT2D eigenvalue weighted by atomic mass is 10.1. The smallest absolute Gasteiger partial charge is 0.352 e. The van der Waals surface area contributed by atoms with Gasteiger partial charge in [-0.15, -0.1) is 5.10 Å². The SMILES string of the molecule is COc1nn(-c2ccc(F)c(NC(C)=O)c2)c(=O)n(Cc2ccc(F)cc2N(C)C)c1=O.